The molecule has 0 amide bonds. The van der Waals surface area contributed by atoms with Crippen molar-refractivity contribution in [2.24, 2.45) is 0 Å². The fourth-order valence-electron chi connectivity index (χ4n) is 1.78. The molecule has 0 aliphatic rings. The Morgan fingerprint density at radius 1 is 0.826 bits per heavy atom. The number of aromatic nitrogens is 1. The van der Waals surface area contributed by atoms with E-state index in [9.17, 15) is 26.3 Å². The van der Waals surface area contributed by atoms with Crippen molar-refractivity contribution in [2.75, 3.05) is 0 Å². The van der Waals surface area contributed by atoms with Crippen molar-refractivity contribution in [1.29, 1.82) is 0 Å². The predicted molar refractivity (Wildman–Crippen MR) is 74.7 cm³/mol. The molecular formula is C13H4Cl3F6N. The van der Waals surface area contributed by atoms with Crippen LogP contribution in [0.1, 0.15) is 11.1 Å². The molecule has 23 heavy (non-hydrogen) atoms. The van der Waals surface area contributed by atoms with Crippen LogP contribution in [0.15, 0.2) is 24.4 Å². The molecule has 10 heteroatoms. The molecule has 0 radical (unpaired) electrons. The highest BCUT2D eigenvalue weighted by Gasteiger charge is 2.39. The molecule has 0 atom stereocenters. The second kappa shape index (κ2) is 6.03. The first kappa shape index (κ1) is 18.2. The molecule has 0 saturated carbocycles. The number of alkyl halides is 6. The Hall–Kier alpha value is -1.18. The second-order valence-electron chi connectivity index (χ2n) is 4.36. The lowest BCUT2D eigenvalue weighted by molar-refractivity contribution is -0.143. The molecule has 0 unspecified atom stereocenters. The normalized spacial score (nSPS) is 12.6. The zero-order valence-corrected chi connectivity index (χ0v) is 12.9. The van der Waals surface area contributed by atoms with Gasteiger partial charge < -0.3 is 0 Å². The van der Waals surface area contributed by atoms with Crippen LogP contribution < -0.4 is 0 Å². The number of hydrogen-bond acceptors (Lipinski definition) is 1. The Morgan fingerprint density at radius 2 is 1.43 bits per heavy atom. The van der Waals surface area contributed by atoms with Gasteiger partial charge in [-0.3, -0.25) is 4.98 Å². The van der Waals surface area contributed by atoms with Gasteiger partial charge in [0.05, 0.1) is 26.9 Å². The Balaban J connectivity index is 2.78. The molecule has 0 aliphatic heterocycles. The zero-order valence-electron chi connectivity index (χ0n) is 10.7. The van der Waals surface area contributed by atoms with E-state index in [-0.39, 0.29) is 32.9 Å². The van der Waals surface area contributed by atoms with E-state index in [4.69, 9.17) is 34.8 Å². The van der Waals surface area contributed by atoms with Gasteiger partial charge in [0.2, 0.25) is 0 Å². The molecule has 0 aliphatic carbocycles. The van der Waals surface area contributed by atoms with Gasteiger partial charge in [-0.05, 0) is 18.2 Å². The summed E-state index contributed by atoms with van der Waals surface area (Å²) in [5.41, 5.74) is -4.23. The van der Waals surface area contributed by atoms with Crippen molar-refractivity contribution in [3.05, 3.63) is 50.6 Å². The Labute approximate surface area is 140 Å². The minimum atomic E-state index is -5.08. The number of rotatable bonds is 1. The number of nitrogens with zero attached hydrogens (tertiary/aromatic N) is 1. The van der Waals surface area contributed by atoms with Crippen molar-refractivity contribution in [2.45, 2.75) is 12.4 Å². The van der Waals surface area contributed by atoms with Gasteiger partial charge in [0.25, 0.3) is 0 Å². The zero-order chi connectivity index (χ0) is 17.6. The molecule has 1 aromatic heterocycles. The first-order chi connectivity index (χ1) is 10.4. The van der Waals surface area contributed by atoms with Crippen LogP contribution in [0, 0.1) is 0 Å². The average Bonchev–Trinajstić information content (AvgIpc) is 2.40. The average molecular weight is 395 g/mol. The highest BCUT2D eigenvalue weighted by atomic mass is 35.5. The van der Waals surface area contributed by atoms with Gasteiger partial charge in [-0.15, -0.1) is 0 Å². The summed E-state index contributed by atoms with van der Waals surface area (Å²) in [4.78, 5) is 3.28. The van der Waals surface area contributed by atoms with Crippen molar-refractivity contribution < 1.29 is 26.3 Å². The molecule has 0 spiro atoms. The number of hydrogen-bond donors (Lipinski definition) is 0. The number of halogens is 9. The molecule has 0 saturated heterocycles. The van der Waals surface area contributed by atoms with Gasteiger partial charge in [0, 0.05) is 16.8 Å². The summed E-state index contributed by atoms with van der Waals surface area (Å²) in [7, 11) is 0. The first-order valence-electron chi connectivity index (χ1n) is 5.70. The highest BCUT2D eigenvalue weighted by molar-refractivity contribution is 6.45. The van der Waals surface area contributed by atoms with Gasteiger partial charge in [-0.1, -0.05) is 34.8 Å². The summed E-state index contributed by atoms with van der Waals surface area (Å²) >= 11 is 17.3. The highest BCUT2D eigenvalue weighted by Crippen LogP contribution is 2.43. The van der Waals surface area contributed by atoms with E-state index in [0.29, 0.717) is 0 Å². The predicted octanol–water partition coefficient (Wildman–Crippen LogP) is 6.75. The van der Waals surface area contributed by atoms with Crippen LogP contribution in [0.25, 0.3) is 11.3 Å². The van der Waals surface area contributed by atoms with Crippen LogP contribution in [0.2, 0.25) is 15.1 Å². The van der Waals surface area contributed by atoms with Crippen LogP contribution in [0.3, 0.4) is 0 Å². The monoisotopic (exact) mass is 393 g/mol. The summed E-state index contributed by atoms with van der Waals surface area (Å²) < 4.78 is 77.2. The van der Waals surface area contributed by atoms with Crippen molar-refractivity contribution in [1.82, 2.24) is 4.98 Å². The second-order valence-corrected chi connectivity index (χ2v) is 5.59. The third kappa shape index (κ3) is 3.84. The minimum absolute atomic E-state index is 0.0343. The Bertz CT molecular complexity index is 755. The third-order valence-corrected chi connectivity index (χ3v) is 3.79. The van der Waals surface area contributed by atoms with E-state index >= 15 is 0 Å². The summed E-state index contributed by atoms with van der Waals surface area (Å²) in [6.07, 6.45) is -9.77. The van der Waals surface area contributed by atoms with E-state index in [1.165, 1.54) is 6.07 Å². The van der Waals surface area contributed by atoms with E-state index < -0.39 is 29.2 Å². The van der Waals surface area contributed by atoms with Gasteiger partial charge in [-0.2, -0.15) is 26.3 Å². The van der Waals surface area contributed by atoms with E-state index in [0.717, 1.165) is 6.07 Å². The lowest BCUT2D eigenvalue weighted by Crippen LogP contribution is -2.13. The molecule has 1 aromatic carbocycles. The molecule has 1 nitrogen and oxygen atoms in total. The maximum absolute atomic E-state index is 13.1. The van der Waals surface area contributed by atoms with E-state index in [2.05, 4.69) is 4.98 Å². The minimum Gasteiger partial charge on any atom is -0.255 e. The summed E-state index contributed by atoms with van der Waals surface area (Å²) in [6.45, 7) is 0. The molecule has 0 bridgehead atoms. The van der Waals surface area contributed by atoms with Gasteiger partial charge in [0.15, 0.2) is 0 Å². The van der Waals surface area contributed by atoms with Crippen LogP contribution in [0.4, 0.5) is 26.3 Å². The van der Waals surface area contributed by atoms with E-state index in [1.54, 1.807) is 0 Å². The maximum Gasteiger partial charge on any atom is 0.418 e. The summed E-state index contributed by atoms with van der Waals surface area (Å²) in [5.74, 6) is 0. The fourth-order valence-corrected chi connectivity index (χ4v) is 2.47. The quantitative estimate of drug-likeness (QED) is 0.385. The van der Waals surface area contributed by atoms with Crippen molar-refractivity contribution in [3.63, 3.8) is 0 Å². The van der Waals surface area contributed by atoms with Gasteiger partial charge in [-0.25, -0.2) is 0 Å². The SMILES string of the molecule is FC(F)(F)c1cnc(-c2cc(Cl)cc(Cl)c2Cl)c(C(F)(F)F)c1. The van der Waals surface area contributed by atoms with Gasteiger partial charge in [0.1, 0.15) is 0 Å². The number of benzene rings is 1. The molecule has 2 rings (SSSR count). The molecular weight excluding hydrogens is 390 g/mol. The Kier molecular flexibility index (Phi) is 4.76. The number of pyridine rings is 1. The molecule has 2 aromatic rings. The fraction of sp³-hybridized carbons (Fsp3) is 0.154. The first-order valence-corrected chi connectivity index (χ1v) is 6.84. The maximum atomic E-state index is 13.1. The molecule has 124 valence electrons. The van der Waals surface area contributed by atoms with Crippen LogP contribution in [-0.4, -0.2) is 4.98 Å². The van der Waals surface area contributed by atoms with Crippen LogP contribution in [-0.2, 0) is 12.4 Å². The van der Waals surface area contributed by atoms with Crippen LogP contribution >= 0.6 is 34.8 Å². The standard InChI is InChI=1S/C13H4Cl3F6N/c14-6-2-7(10(16)9(15)3-6)11-8(13(20,21)22)1-5(4-23-11)12(17,18)19/h1-4H. The smallest absolute Gasteiger partial charge is 0.255 e. The molecule has 0 N–H and O–H groups in total. The van der Waals surface area contributed by atoms with Crippen molar-refractivity contribution >= 4 is 34.8 Å². The summed E-state index contributed by atoms with van der Waals surface area (Å²) in [6, 6.07) is 2.19. The largest absolute Gasteiger partial charge is 0.418 e. The molecule has 0 fully saturated rings. The third-order valence-electron chi connectivity index (χ3n) is 2.77. The van der Waals surface area contributed by atoms with Crippen LogP contribution in [0.5, 0.6) is 0 Å². The van der Waals surface area contributed by atoms with Gasteiger partial charge >= 0.3 is 12.4 Å². The Morgan fingerprint density at radius 3 is 1.96 bits per heavy atom. The van der Waals surface area contributed by atoms with Crippen molar-refractivity contribution in [3.8, 4) is 11.3 Å². The topological polar surface area (TPSA) is 12.9 Å². The lowest BCUT2D eigenvalue weighted by atomic mass is 10.0. The summed E-state index contributed by atoms with van der Waals surface area (Å²) in [5, 5.41) is -0.484. The molecule has 1 heterocycles. The lowest BCUT2D eigenvalue weighted by Gasteiger charge is -2.16. The van der Waals surface area contributed by atoms with E-state index in [1.807, 2.05) is 0 Å².